The Balaban J connectivity index is 0.00000225. The van der Waals surface area contributed by atoms with Gasteiger partial charge in [-0.15, -0.1) is 12.4 Å². The van der Waals surface area contributed by atoms with Crippen LogP contribution in [-0.2, 0) is 11.0 Å². The predicted octanol–water partition coefficient (Wildman–Crippen LogP) is 1.64. The van der Waals surface area contributed by atoms with Crippen LogP contribution < -0.4 is 0 Å². The number of carboxylic acids is 1. The summed E-state index contributed by atoms with van der Waals surface area (Å²) < 4.78 is 36.4. The minimum absolute atomic E-state index is 0. The molecule has 1 aromatic heterocycles. The molecule has 0 bridgehead atoms. The number of aliphatic hydroxyl groups is 1. The Kier molecular flexibility index (Phi) is 4.70. The van der Waals surface area contributed by atoms with E-state index in [9.17, 15) is 18.0 Å². The number of aliphatic carboxylic acids is 1. The summed E-state index contributed by atoms with van der Waals surface area (Å²) in [4.78, 5) is 13.3. The summed E-state index contributed by atoms with van der Waals surface area (Å²) in [6.07, 6.45) is -5.84. The Labute approximate surface area is 94.1 Å². The first-order chi connectivity index (χ1) is 6.82. The predicted molar refractivity (Wildman–Crippen MR) is 49.1 cm³/mol. The molecule has 1 unspecified atom stereocenters. The van der Waals surface area contributed by atoms with E-state index in [-0.39, 0.29) is 18.0 Å². The molecule has 0 radical (unpaired) electrons. The van der Waals surface area contributed by atoms with Crippen LogP contribution in [0, 0.1) is 0 Å². The number of aromatic nitrogens is 1. The van der Waals surface area contributed by atoms with Gasteiger partial charge in [-0.05, 0) is 17.7 Å². The van der Waals surface area contributed by atoms with Gasteiger partial charge in [0.25, 0.3) is 0 Å². The Morgan fingerprint density at radius 3 is 2.44 bits per heavy atom. The molecule has 0 aliphatic rings. The van der Waals surface area contributed by atoms with E-state index in [1.54, 1.807) is 0 Å². The molecule has 2 N–H and O–H groups in total. The highest BCUT2D eigenvalue weighted by atomic mass is 35.5. The van der Waals surface area contributed by atoms with Gasteiger partial charge in [0.05, 0.1) is 0 Å². The molecule has 0 aliphatic carbocycles. The second-order valence-corrected chi connectivity index (χ2v) is 2.71. The lowest BCUT2D eigenvalue weighted by atomic mass is 10.1. The number of carbonyl (C=O) groups is 1. The van der Waals surface area contributed by atoms with Crippen molar-refractivity contribution in [2.45, 2.75) is 12.3 Å². The third-order valence-electron chi connectivity index (χ3n) is 1.62. The Bertz CT molecular complexity index is 383. The van der Waals surface area contributed by atoms with Crippen molar-refractivity contribution in [1.29, 1.82) is 0 Å². The van der Waals surface area contributed by atoms with Crippen molar-refractivity contribution in [3.8, 4) is 0 Å². The minimum atomic E-state index is -4.66. The lowest BCUT2D eigenvalue weighted by Gasteiger charge is -2.09. The molecule has 0 spiro atoms. The van der Waals surface area contributed by atoms with E-state index in [0.717, 1.165) is 12.3 Å². The maximum absolute atomic E-state index is 12.1. The Hall–Kier alpha value is -1.34. The molecule has 0 saturated carbocycles. The molecular weight excluding hydrogens is 251 g/mol. The molecule has 0 amide bonds. The number of halogens is 4. The highest BCUT2D eigenvalue weighted by Crippen LogP contribution is 2.28. The summed E-state index contributed by atoms with van der Waals surface area (Å²) in [6.45, 7) is 0. The van der Waals surface area contributed by atoms with Gasteiger partial charge in [-0.2, -0.15) is 13.2 Å². The third-order valence-corrected chi connectivity index (χ3v) is 1.62. The number of hydrogen-bond acceptors (Lipinski definition) is 3. The van der Waals surface area contributed by atoms with Crippen LogP contribution in [0.2, 0.25) is 0 Å². The van der Waals surface area contributed by atoms with Crippen LogP contribution in [0.1, 0.15) is 17.4 Å². The lowest BCUT2D eigenvalue weighted by Crippen LogP contribution is -2.13. The molecule has 16 heavy (non-hydrogen) atoms. The van der Waals surface area contributed by atoms with Crippen molar-refractivity contribution >= 4 is 18.4 Å². The van der Waals surface area contributed by atoms with Crippen molar-refractivity contribution in [3.63, 3.8) is 0 Å². The van der Waals surface area contributed by atoms with Crippen LogP contribution in [-0.4, -0.2) is 21.2 Å². The number of hydrogen-bond donors (Lipinski definition) is 2. The smallest absolute Gasteiger partial charge is 0.433 e. The van der Waals surface area contributed by atoms with E-state index < -0.39 is 23.9 Å². The first-order valence-electron chi connectivity index (χ1n) is 3.76. The number of pyridine rings is 1. The standard InChI is InChI=1S/C8H6F3NO3.ClH/c9-8(10,11)5-3-4(1-2-12-5)6(13)7(14)15;/h1-3,6,13H,(H,14,15);1H. The molecule has 90 valence electrons. The summed E-state index contributed by atoms with van der Waals surface area (Å²) in [5.74, 6) is -1.62. The van der Waals surface area contributed by atoms with E-state index >= 15 is 0 Å². The van der Waals surface area contributed by atoms with E-state index in [0.29, 0.717) is 6.07 Å². The Morgan fingerprint density at radius 2 is 2.00 bits per heavy atom. The zero-order valence-electron chi connectivity index (χ0n) is 7.60. The molecule has 1 heterocycles. The highest BCUT2D eigenvalue weighted by Gasteiger charge is 2.33. The van der Waals surface area contributed by atoms with Crippen LogP contribution in [0.4, 0.5) is 13.2 Å². The first kappa shape index (κ1) is 14.7. The van der Waals surface area contributed by atoms with Gasteiger partial charge in [-0.3, -0.25) is 4.98 Å². The van der Waals surface area contributed by atoms with E-state index in [1.807, 2.05) is 0 Å². The molecule has 4 nitrogen and oxygen atoms in total. The van der Waals surface area contributed by atoms with Gasteiger partial charge in [0, 0.05) is 6.20 Å². The average Bonchev–Trinajstić information content (AvgIpc) is 2.15. The normalized spacial score (nSPS) is 12.8. The van der Waals surface area contributed by atoms with Crippen molar-refractivity contribution in [2.24, 2.45) is 0 Å². The Morgan fingerprint density at radius 1 is 1.44 bits per heavy atom. The van der Waals surface area contributed by atoms with E-state index in [1.165, 1.54) is 0 Å². The third kappa shape index (κ3) is 3.35. The number of alkyl halides is 3. The number of rotatable bonds is 2. The fourth-order valence-corrected chi connectivity index (χ4v) is 0.915. The van der Waals surface area contributed by atoms with Crippen molar-refractivity contribution in [3.05, 3.63) is 29.6 Å². The molecule has 1 rings (SSSR count). The molecular formula is C8H7ClF3NO3. The summed E-state index contributed by atoms with van der Waals surface area (Å²) in [5, 5.41) is 17.4. The van der Waals surface area contributed by atoms with Crippen LogP contribution >= 0.6 is 12.4 Å². The molecule has 1 atom stereocenters. The van der Waals surface area contributed by atoms with Crippen LogP contribution in [0.3, 0.4) is 0 Å². The number of nitrogens with zero attached hydrogens (tertiary/aromatic N) is 1. The van der Waals surface area contributed by atoms with Crippen molar-refractivity contribution in [1.82, 2.24) is 4.98 Å². The maximum Gasteiger partial charge on any atom is 0.433 e. The topological polar surface area (TPSA) is 70.4 Å². The number of carboxylic acid groups (broad SMARTS) is 1. The van der Waals surface area contributed by atoms with Crippen LogP contribution in [0.15, 0.2) is 18.3 Å². The van der Waals surface area contributed by atoms with Crippen molar-refractivity contribution < 1.29 is 28.2 Å². The minimum Gasteiger partial charge on any atom is -0.479 e. The van der Waals surface area contributed by atoms with Gasteiger partial charge in [0.1, 0.15) is 5.69 Å². The first-order valence-corrected chi connectivity index (χ1v) is 3.76. The molecule has 0 aromatic carbocycles. The zero-order chi connectivity index (χ0) is 11.6. The van der Waals surface area contributed by atoms with Crippen LogP contribution in [0.25, 0.3) is 0 Å². The van der Waals surface area contributed by atoms with Crippen LogP contribution in [0.5, 0.6) is 0 Å². The summed E-state index contributed by atoms with van der Waals surface area (Å²) in [5.41, 5.74) is -1.59. The van der Waals surface area contributed by atoms with Gasteiger partial charge in [-0.1, -0.05) is 0 Å². The fourth-order valence-electron chi connectivity index (χ4n) is 0.915. The quantitative estimate of drug-likeness (QED) is 0.845. The second kappa shape index (κ2) is 5.13. The molecule has 1 aromatic rings. The highest BCUT2D eigenvalue weighted by molar-refractivity contribution is 5.85. The van der Waals surface area contributed by atoms with Gasteiger partial charge in [-0.25, -0.2) is 4.79 Å². The van der Waals surface area contributed by atoms with Gasteiger partial charge in [0.2, 0.25) is 0 Å². The van der Waals surface area contributed by atoms with Gasteiger partial charge < -0.3 is 10.2 Å². The van der Waals surface area contributed by atoms with E-state index in [4.69, 9.17) is 10.2 Å². The average molecular weight is 258 g/mol. The SMILES string of the molecule is Cl.O=C(O)C(O)c1ccnc(C(F)(F)F)c1. The molecule has 8 heteroatoms. The number of aliphatic hydroxyl groups excluding tert-OH is 1. The summed E-state index contributed by atoms with van der Waals surface area (Å²) >= 11 is 0. The zero-order valence-corrected chi connectivity index (χ0v) is 8.42. The molecule has 0 fully saturated rings. The fraction of sp³-hybridized carbons (Fsp3) is 0.250. The maximum atomic E-state index is 12.1. The lowest BCUT2D eigenvalue weighted by molar-refractivity contribution is -0.147. The van der Waals surface area contributed by atoms with E-state index in [2.05, 4.69) is 4.98 Å². The molecule has 0 aliphatic heterocycles. The monoisotopic (exact) mass is 257 g/mol. The van der Waals surface area contributed by atoms with Crippen molar-refractivity contribution in [2.75, 3.05) is 0 Å². The largest absolute Gasteiger partial charge is 0.479 e. The summed E-state index contributed by atoms with van der Waals surface area (Å²) in [7, 11) is 0. The molecule has 0 saturated heterocycles. The van der Waals surface area contributed by atoms with Gasteiger partial charge in [0.15, 0.2) is 6.10 Å². The van der Waals surface area contributed by atoms with Gasteiger partial charge >= 0.3 is 12.1 Å². The second-order valence-electron chi connectivity index (χ2n) is 2.71. The summed E-state index contributed by atoms with van der Waals surface area (Å²) in [6, 6.07) is 1.51.